The molecule has 35 heavy (non-hydrogen) atoms. The number of methoxy groups -OCH3 is 1. The highest BCUT2D eigenvalue weighted by molar-refractivity contribution is 7.13. The number of ether oxygens (including phenoxy) is 1. The molecule has 0 fully saturated rings. The molecule has 0 unspecified atom stereocenters. The van der Waals surface area contributed by atoms with Gasteiger partial charge in [0, 0.05) is 28.1 Å². The van der Waals surface area contributed by atoms with Crippen LogP contribution in [0.1, 0.15) is 62.7 Å². The number of carboxylic acid groups (broad SMARTS) is 1. The molecule has 1 aliphatic heterocycles. The summed E-state index contributed by atoms with van der Waals surface area (Å²) >= 11 is 1.61. The summed E-state index contributed by atoms with van der Waals surface area (Å²) in [6, 6.07) is 9.99. The fourth-order valence-electron chi connectivity index (χ4n) is 4.02. The summed E-state index contributed by atoms with van der Waals surface area (Å²) < 4.78 is 7.55. The standard InChI is InChI=1S/C23H25NO4S.C5H13N/c1-23(2,27)8-6-15-11-16-14(12-19(15)28-3)7-9-24-18(22(25)26)13-17(21(16)24)20-5-4-10-29-20;1-5(2,3)6-4/h4-5,10-13,27H,6-9H2,1-3H3,(H,25,26);6H,1-4H3. The molecule has 0 radical (unpaired) electrons. The molecule has 7 heteroatoms. The summed E-state index contributed by atoms with van der Waals surface area (Å²) in [6.07, 6.45) is 2.05. The number of carbonyl (C=O) groups is 1. The number of hydrogen-bond donors (Lipinski definition) is 3. The van der Waals surface area contributed by atoms with Crippen LogP contribution in [0.15, 0.2) is 35.7 Å². The van der Waals surface area contributed by atoms with Gasteiger partial charge in [-0.05, 0) is 102 Å². The molecule has 0 amide bonds. The van der Waals surface area contributed by atoms with Crippen molar-refractivity contribution in [1.29, 1.82) is 0 Å². The van der Waals surface area contributed by atoms with Gasteiger partial charge in [0.05, 0.1) is 18.4 Å². The Hall–Kier alpha value is -2.61. The number of thiophene rings is 1. The summed E-state index contributed by atoms with van der Waals surface area (Å²) in [5.41, 5.74) is 5.00. The Morgan fingerprint density at radius 2 is 1.86 bits per heavy atom. The van der Waals surface area contributed by atoms with Crippen molar-refractivity contribution in [2.45, 2.75) is 71.6 Å². The van der Waals surface area contributed by atoms with Crippen molar-refractivity contribution in [3.05, 3.63) is 52.5 Å². The van der Waals surface area contributed by atoms with Crippen molar-refractivity contribution in [3.8, 4) is 27.4 Å². The second-order valence-corrected chi connectivity index (χ2v) is 11.6. The van der Waals surface area contributed by atoms with Crippen molar-refractivity contribution >= 4 is 17.3 Å². The third-order valence-corrected chi connectivity index (χ3v) is 7.13. The van der Waals surface area contributed by atoms with Gasteiger partial charge in [0.1, 0.15) is 11.4 Å². The fraction of sp³-hybridized carbons (Fsp3) is 0.464. The van der Waals surface area contributed by atoms with E-state index in [9.17, 15) is 15.0 Å². The van der Waals surface area contributed by atoms with E-state index in [1.807, 2.05) is 29.1 Å². The molecule has 2 aromatic heterocycles. The lowest BCUT2D eigenvalue weighted by Crippen LogP contribution is -2.31. The molecular weight excluding hydrogens is 460 g/mol. The molecule has 3 heterocycles. The first-order valence-corrected chi connectivity index (χ1v) is 12.8. The third-order valence-electron chi connectivity index (χ3n) is 6.22. The van der Waals surface area contributed by atoms with Crippen LogP contribution in [0.2, 0.25) is 0 Å². The zero-order valence-corrected chi connectivity index (χ0v) is 22.7. The molecule has 1 aliphatic rings. The summed E-state index contributed by atoms with van der Waals surface area (Å²) in [5, 5.41) is 25.0. The largest absolute Gasteiger partial charge is 0.496 e. The molecule has 3 aromatic rings. The predicted octanol–water partition coefficient (Wildman–Crippen LogP) is 5.85. The Morgan fingerprint density at radius 3 is 2.37 bits per heavy atom. The molecular formula is C28H38N2O4S. The monoisotopic (exact) mass is 498 g/mol. The molecule has 190 valence electrons. The molecule has 0 saturated carbocycles. The average Bonchev–Trinajstić information content (AvgIpc) is 3.44. The molecule has 6 nitrogen and oxygen atoms in total. The van der Waals surface area contributed by atoms with Gasteiger partial charge in [0.15, 0.2) is 0 Å². The zero-order valence-electron chi connectivity index (χ0n) is 21.9. The number of rotatable bonds is 6. The maximum atomic E-state index is 11.9. The van der Waals surface area contributed by atoms with E-state index in [1.54, 1.807) is 38.4 Å². The van der Waals surface area contributed by atoms with Crippen LogP contribution in [0, 0.1) is 0 Å². The minimum atomic E-state index is -0.909. The van der Waals surface area contributed by atoms with Crippen LogP contribution < -0.4 is 10.1 Å². The number of aromatic carboxylic acids is 1. The molecule has 3 N–H and O–H groups in total. The van der Waals surface area contributed by atoms with E-state index in [2.05, 4.69) is 38.2 Å². The lowest BCUT2D eigenvalue weighted by Gasteiger charge is -2.25. The van der Waals surface area contributed by atoms with Gasteiger partial charge in [0.2, 0.25) is 0 Å². The van der Waals surface area contributed by atoms with Crippen LogP contribution in [-0.2, 0) is 19.4 Å². The van der Waals surface area contributed by atoms with Gasteiger partial charge < -0.3 is 24.8 Å². The first kappa shape index (κ1) is 27.0. The Labute approximate surface area is 212 Å². The molecule has 0 atom stereocenters. The van der Waals surface area contributed by atoms with Crippen molar-refractivity contribution in [3.63, 3.8) is 0 Å². The minimum Gasteiger partial charge on any atom is -0.496 e. The Bertz CT molecular complexity index is 1170. The Balaban J connectivity index is 0.000000509. The highest BCUT2D eigenvalue weighted by Gasteiger charge is 2.28. The van der Waals surface area contributed by atoms with Crippen LogP contribution in [0.5, 0.6) is 5.75 Å². The van der Waals surface area contributed by atoms with Gasteiger partial charge in [-0.2, -0.15) is 0 Å². The maximum Gasteiger partial charge on any atom is 0.352 e. The molecule has 0 bridgehead atoms. The van der Waals surface area contributed by atoms with E-state index in [0.29, 0.717) is 30.6 Å². The summed E-state index contributed by atoms with van der Waals surface area (Å²) in [6.45, 7) is 10.6. The first-order chi connectivity index (χ1) is 16.3. The van der Waals surface area contributed by atoms with Crippen molar-refractivity contribution < 1.29 is 19.7 Å². The number of carboxylic acids is 1. The van der Waals surface area contributed by atoms with Gasteiger partial charge in [0.25, 0.3) is 0 Å². The second-order valence-electron chi connectivity index (χ2n) is 10.6. The molecule has 0 saturated heterocycles. The lowest BCUT2D eigenvalue weighted by atomic mass is 9.90. The molecule has 1 aromatic carbocycles. The minimum absolute atomic E-state index is 0.292. The van der Waals surface area contributed by atoms with Crippen LogP contribution >= 0.6 is 11.3 Å². The number of nitrogens with zero attached hydrogens (tertiary/aromatic N) is 1. The van der Waals surface area contributed by atoms with Crippen LogP contribution in [0.3, 0.4) is 0 Å². The number of benzene rings is 1. The topological polar surface area (TPSA) is 83.7 Å². The van der Waals surface area contributed by atoms with E-state index in [-0.39, 0.29) is 0 Å². The van der Waals surface area contributed by atoms with Crippen LogP contribution in [0.25, 0.3) is 21.7 Å². The first-order valence-electron chi connectivity index (χ1n) is 12.0. The van der Waals surface area contributed by atoms with E-state index < -0.39 is 11.6 Å². The Morgan fingerprint density at radius 1 is 1.17 bits per heavy atom. The fourth-order valence-corrected chi connectivity index (χ4v) is 4.76. The Kier molecular flexibility index (Phi) is 8.14. The number of nitrogens with one attached hydrogen (secondary N) is 1. The summed E-state index contributed by atoms with van der Waals surface area (Å²) in [5.74, 6) is -0.0857. The average molecular weight is 499 g/mol. The smallest absolute Gasteiger partial charge is 0.352 e. The van der Waals surface area contributed by atoms with Crippen molar-refractivity contribution in [1.82, 2.24) is 9.88 Å². The van der Waals surface area contributed by atoms with Gasteiger partial charge >= 0.3 is 5.97 Å². The number of aromatic nitrogens is 1. The molecule has 0 aliphatic carbocycles. The molecule has 0 spiro atoms. The normalized spacial score (nSPS) is 12.9. The predicted molar refractivity (Wildman–Crippen MR) is 144 cm³/mol. The van der Waals surface area contributed by atoms with Crippen LogP contribution in [-0.4, -0.2) is 46.0 Å². The van der Waals surface area contributed by atoms with Gasteiger partial charge in [-0.1, -0.05) is 6.07 Å². The van der Waals surface area contributed by atoms with E-state index in [4.69, 9.17) is 4.74 Å². The second kappa shape index (κ2) is 10.6. The lowest BCUT2D eigenvalue weighted by molar-refractivity contribution is 0.0682. The van der Waals surface area contributed by atoms with Gasteiger partial charge in [-0.15, -0.1) is 11.3 Å². The number of fused-ring (bicyclic) bond motifs is 3. The highest BCUT2D eigenvalue weighted by atomic mass is 32.1. The molecule has 4 rings (SSSR count). The van der Waals surface area contributed by atoms with E-state index in [1.165, 1.54) is 0 Å². The van der Waals surface area contributed by atoms with Crippen molar-refractivity contribution in [2.24, 2.45) is 0 Å². The van der Waals surface area contributed by atoms with Crippen LogP contribution in [0.4, 0.5) is 0 Å². The maximum absolute atomic E-state index is 11.9. The highest BCUT2D eigenvalue weighted by Crippen LogP contribution is 2.43. The van der Waals surface area contributed by atoms with Crippen molar-refractivity contribution in [2.75, 3.05) is 14.2 Å². The SMILES string of the molecule is CNC(C)(C)C.COc1cc2c(cc1CCC(C)(C)O)-c1c(-c3cccs3)cc(C(=O)O)n1CC2. The van der Waals surface area contributed by atoms with E-state index in [0.717, 1.165) is 45.0 Å². The zero-order chi connectivity index (χ0) is 26.0. The quantitative estimate of drug-likeness (QED) is 0.397. The summed E-state index contributed by atoms with van der Waals surface area (Å²) in [4.78, 5) is 12.9. The van der Waals surface area contributed by atoms with Gasteiger partial charge in [-0.3, -0.25) is 0 Å². The number of aliphatic hydroxyl groups is 1. The van der Waals surface area contributed by atoms with Gasteiger partial charge in [-0.25, -0.2) is 4.79 Å². The third kappa shape index (κ3) is 6.54. The number of aryl methyl sites for hydroxylation is 2. The van der Waals surface area contributed by atoms with E-state index >= 15 is 0 Å². The number of hydrogen-bond acceptors (Lipinski definition) is 5. The summed E-state index contributed by atoms with van der Waals surface area (Å²) in [7, 11) is 3.63.